The van der Waals surface area contributed by atoms with Crippen LogP contribution in [0.5, 0.6) is 5.75 Å². The number of anilines is 1. The topological polar surface area (TPSA) is 38.3 Å². The highest BCUT2D eigenvalue weighted by molar-refractivity contribution is 5.94. The summed E-state index contributed by atoms with van der Waals surface area (Å²) in [4.78, 5) is 11.8. The predicted molar refractivity (Wildman–Crippen MR) is 128 cm³/mol. The SMILES string of the molecule is CCCCCCCC(C(C)(C)C)C(C)(C)C(C)(C)Oc1ccc2c(c1)NC(=O)CC2. The summed E-state index contributed by atoms with van der Waals surface area (Å²) in [5, 5.41) is 3.00. The van der Waals surface area contributed by atoms with E-state index in [-0.39, 0.29) is 22.3 Å². The fraction of sp³-hybridized carbons (Fsp3) is 0.741. The smallest absolute Gasteiger partial charge is 0.224 e. The van der Waals surface area contributed by atoms with Gasteiger partial charge < -0.3 is 10.1 Å². The van der Waals surface area contributed by atoms with E-state index >= 15 is 0 Å². The maximum absolute atomic E-state index is 11.8. The zero-order chi connectivity index (χ0) is 22.6. The van der Waals surface area contributed by atoms with Gasteiger partial charge in [0, 0.05) is 23.6 Å². The van der Waals surface area contributed by atoms with Crippen molar-refractivity contribution in [2.24, 2.45) is 16.7 Å². The molecule has 170 valence electrons. The van der Waals surface area contributed by atoms with Gasteiger partial charge in [0.25, 0.3) is 0 Å². The number of amides is 1. The van der Waals surface area contributed by atoms with Gasteiger partial charge >= 0.3 is 0 Å². The quantitative estimate of drug-likeness (QED) is 0.396. The summed E-state index contributed by atoms with van der Waals surface area (Å²) < 4.78 is 6.64. The lowest BCUT2D eigenvalue weighted by atomic mass is 9.58. The molecule has 1 heterocycles. The van der Waals surface area contributed by atoms with Crippen molar-refractivity contribution in [1.29, 1.82) is 0 Å². The number of hydrogen-bond donors (Lipinski definition) is 1. The number of aryl methyl sites for hydroxylation is 1. The van der Waals surface area contributed by atoms with Crippen LogP contribution in [0.15, 0.2) is 18.2 Å². The molecule has 1 aromatic rings. The number of ether oxygens (including phenoxy) is 1. The molecule has 3 nitrogen and oxygen atoms in total. The highest BCUT2D eigenvalue weighted by atomic mass is 16.5. The number of carbonyl (C=O) groups is 1. The summed E-state index contributed by atoms with van der Waals surface area (Å²) in [5.41, 5.74) is 1.94. The summed E-state index contributed by atoms with van der Waals surface area (Å²) in [6.45, 7) is 18.6. The molecule has 0 saturated carbocycles. The molecule has 0 fully saturated rings. The van der Waals surface area contributed by atoms with Crippen LogP contribution < -0.4 is 10.1 Å². The summed E-state index contributed by atoms with van der Waals surface area (Å²) in [6, 6.07) is 6.16. The Morgan fingerprint density at radius 3 is 2.27 bits per heavy atom. The molecule has 0 aromatic heterocycles. The summed E-state index contributed by atoms with van der Waals surface area (Å²) in [6.07, 6.45) is 9.18. The normalized spacial score (nSPS) is 16.1. The zero-order valence-electron chi connectivity index (χ0n) is 20.8. The fourth-order valence-corrected chi connectivity index (χ4v) is 5.09. The Labute approximate surface area is 185 Å². The monoisotopic (exact) mass is 415 g/mol. The van der Waals surface area contributed by atoms with Crippen molar-refractivity contribution in [3.63, 3.8) is 0 Å². The van der Waals surface area contributed by atoms with Gasteiger partial charge in [0.05, 0.1) is 0 Å². The molecule has 0 aliphatic carbocycles. The number of rotatable bonds is 10. The lowest BCUT2D eigenvalue weighted by molar-refractivity contribution is -0.116. The van der Waals surface area contributed by atoms with E-state index in [0.717, 1.165) is 17.9 Å². The minimum atomic E-state index is -0.346. The standard InChI is InChI=1S/C27H45NO2/c1-9-10-11-12-13-14-23(25(2,3)4)26(5,6)27(7,8)30-21-17-15-20-16-18-24(29)28-22(20)19-21/h15,17,19,23H,9-14,16,18H2,1-8H3,(H,28,29). The summed E-state index contributed by atoms with van der Waals surface area (Å²) >= 11 is 0. The number of benzene rings is 1. The van der Waals surface area contributed by atoms with Gasteiger partial charge in [-0.1, -0.05) is 79.7 Å². The van der Waals surface area contributed by atoms with Crippen LogP contribution in [0.4, 0.5) is 5.69 Å². The lowest BCUT2D eigenvalue weighted by Gasteiger charge is -2.51. The first-order chi connectivity index (χ1) is 13.9. The van der Waals surface area contributed by atoms with E-state index < -0.39 is 0 Å². The molecule has 1 aromatic carbocycles. The molecular weight excluding hydrogens is 370 g/mol. The minimum Gasteiger partial charge on any atom is -0.487 e. The minimum absolute atomic E-state index is 0.0187. The molecule has 1 N–H and O–H groups in total. The van der Waals surface area contributed by atoms with Crippen LogP contribution in [0.25, 0.3) is 0 Å². The van der Waals surface area contributed by atoms with E-state index in [1.807, 2.05) is 6.07 Å². The molecule has 2 rings (SSSR count). The number of nitrogens with one attached hydrogen (secondary N) is 1. The van der Waals surface area contributed by atoms with Crippen molar-refractivity contribution in [3.8, 4) is 5.75 Å². The van der Waals surface area contributed by atoms with E-state index in [9.17, 15) is 4.79 Å². The molecule has 1 amide bonds. The van der Waals surface area contributed by atoms with Gasteiger partial charge in [-0.3, -0.25) is 4.79 Å². The Bertz CT molecular complexity index is 712. The Morgan fingerprint density at radius 2 is 1.63 bits per heavy atom. The molecule has 3 heteroatoms. The van der Waals surface area contributed by atoms with Crippen LogP contribution in [0.3, 0.4) is 0 Å². The number of carbonyl (C=O) groups excluding carboxylic acids is 1. The molecule has 0 radical (unpaired) electrons. The molecule has 1 aliphatic rings. The Morgan fingerprint density at radius 1 is 0.967 bits per heavy atom. The van der Waals surface area contributed by atoms with Gasteiger partial charge in [-0.05, 0) is 49.7 Å². The lowest BCUT2D eigenvalue weighted by Crippen LogP contribution is -2.52. The second kappa shape index (κ2) is 9.75. The average molecular weight is 416 g/mol. The third-order valence-corrected chi connectivity index (χ3v) is 7.41. The van der Waals surface area contributed by atoms with E-state index in [1.165, 1.54) is 44.1 Å². The Kier molecular flexibility index (Phi) is 8.04. The first kappa shape index (κ1) is 24.8. The highest BCUT2D eigenvalue weighted by Gasteiger charge is 2.48. The highest BCUT2D eigenvalue weighted by Crippen LogP contribution is 2.50. The molecule has 30 heavy (non-hydrogen) atoms. The van der Waals surface area contributed by atoms with Gasteiger partial charge in [0.15, 0.2) is 0 Å². The van der Waals surface area contributed by atoms with Crippen molar-refractivity contribution in [1.82, 2.24) is 0 Å². The largest absolute Gasteiger partial charge is 0.487 e. The molecule has 1 aliphatic heterocycles. The second-order valence-electron chi connectivity index (χ2n) is 11.3. The van der Waals surface area contributed by atoms with E-state index in [0.29, 0.717) is 12.3 Å². The number of fused-ring (bicyclic) bond motifs is 1. The molecule has 1 unspecified atom stereocenters. The van der Waals surface area contributed by atoms with Gasteiger partial charge in [-0.25, -0.2) is 0 Å². The van der Waals surface area contributed by atoms with Gasteiger partial charge in [0.2, 0.25) is 5.91 Å². The molecule has 0 bridgehead atoms. The van der Waals surface area contributed by atoms with Crippen LogP contribution in [0, 0.1) is 16.7 Å². The fourth-order valence-electron chi connectivity index (χ4n) is 5.09. The van der Waals surface area contributed by atoms with Crippen molar-refractivity contribution >= 4 is 11.6 Å². The third kappa shape index (κ3) is 6.02. The second-order valence-corrected chi connectivity index (χ2v) is 11.3. The maximum atomic E-state index is 11.8. The van der Waals surface area contributed by atoms with Crippen LogP contribution in [-0.2, 0) is 11.2 Å². The molecular formula is C27H45NO2. The van der Waals surface area contributed by atoms with Gasteiger partial charge in [-0.2, -0.15) is 0 Å². The van der Waals surface area contributed by atoms with E-state index in [4.69, 9.17) is 4.74 Å². The van der Waals surface area contributed by atoms with Crippen molar-refractivity contribution in [2.75, 3.05) is 5.32 Å². The van der Waals surface area contributed by atoms with E-state index in [2.05, 4.69) is 72.8 Å². The predicted octanol–water partition coefficient (Wildman–Crippen LogP) is 7.78. The first-order valence-corrected chi connectivity index (χ1v) is 12.0. The van der Waals surface area contributed by atoms with Gasteiger partial charge in [-0.15, -0.1) is 0 Å². The molecule has 1 atom stereocenters. The third-order valence-electron chi connectivity index (χ3n) is 7.41. The van der Waals surface area contributed by atoms with Gasteiger partial charge in [0.1, 0.15) is 11.4 Å². The van der Waals surface area contributed by atoms with Crippen LogP contribution in [0.1, 0.15) is 106 Å². The molecule has 0 saturated heterocycles. The van der Waals surface area contributed by atoms with Crippen molar-refractivity contribution in [2.45, 2.75) is 112 Å². The Hall–Kier alpha value is -1.51. The van der Waals surface area contributed by atoms with Crippen LogP contribution >= 0.6 is 0 Å². The maximum Gasteiger partial charge on any atom is 0.224 e. The van der Waals surface area contributed by atoms with Crippen LogP contribution in [0.2, 0.25) is 0 Å². The zero-order valence-corrected chi connectivity index (χ0v) is 20.8. The molecule has 0 spiro atoms. The van der Waals surface area contributed by atoms with E-state index in [1.54, 1.807) is 0 Å². The average Bonchev–Trinajstić information content (AvgIpc) is 2.62. The first-order valence-electron chi connectivity index (χ1n) is 12.0. The van der Waals surface area contributed by atoms with Crippen molar-refractivity contribution < 1.29 is 9.53 Å². The summed E-state index contributed by atoms with van der Waals surface area (Å²) in [7, 11) is 0. The Balaban J connectivity index is 2.17. The number of hydrogen-bond acceptors (Lipinski definition) is 2. The van der Waals surface area contributed by atoms with Crippen LogP contribution in [-0.4, -0.2) is 11.5 Å². The summed E-state index contributed by atoms with van der Waals surface area (Å²) in [5.74, 6) is 1.47. The number of unbranched alkanes of at least 4 members (excludes halogenated alkanes) is 4. The van der Waals surface area contributed by atoms with Crippen molar-refractivity contribution in [3.05, 3.63) is 23.8 Å².